The Balaban J connectivity index is 2.42. The molecule has 0 radical (unpaired) electrons. The molecule has 0 N–H and O–H groups in total. The second kappa shape index (κ2) is 5.70. The topological polar surface area (TPSA) is 52.8 Å². The van der Waals surface area contributed by atoms with Crippen molar-refractivity contribution in [2.75, 3.05) is 11.9 Å². The van der Waals surface area contributed by atoms with E-state index < -0.39 is 0 Å². The lowest BCUT2D eigenvalue weighted by atomic mass is 10.1. The highest BCUT2D eigenvalue weighted by molar-refractivity contribution is 5.59. The van der Waals surface area contributed by atoms with Crippen LogP contribution in [0, 0.1) is 18.3 Å². The van der Waals surface area contributed by atoms with Gasteiger partial charge in [-0.3, -0.25) is 0 Å². The third kappa shape index (κ3) is 2.94. The zero-order chi connectivity index (χ0) is 14.7. The Kier molecular flexibility index (Phi) is 3.99. The zero-order valence-corrected chi connectivity index (χ0v) is 12.3. The molecular formula is C16H18N4. The summed E-state index contributed by atoms with van der Waals surface area (Å²) in [7, 11) is 1.91. The highest BCUT2D eigenvalue weighted by Gasteiger charge is 2.11. The monoisotopic (exact) mass is 266 g/mol. The summed E-state index contributed by atoms with van der Waals surface area (Å²) < 4.78 is 0. The van der Waals surface area contributed by atoms with E-state index >= 15 is 0 Å². The molecule has 0 aliphatic heterocycles. The van der Waals surface area contributed by atoms with E-state index in [2.05, 4.69) is 29.9 Å². The van der Waals surface area contributed by atoms with Crippen LogP contribution in [0.4, 0.5) is 11.6 Å². The first-order chi connectivity index (χ1) is 9.51. The average Bonchev–Trinajstić information content (AvgIpc) is 2.45. The fourth-order valence-electron chi connectivity index (χ4n) is 1.92. The second-order valence-electron chi connectivity index (χ2n) is 5.11. The highest BCUT2D eigenvalue weighted by atomic mass is 15.2. The summed E-state index contributed by atoms with van der Waals surface area (Å²) in [6.45, 7) is 6.19. The van der Waals surface area contributed by atoms with Gasteiger partial charge in [0.2, 0.25) is 5.95 Å². The van der Waals surface area contributed by atoms with E-state index in [1.54, 1.807) is 6.07 Å². The molecule has 0 atom stereocenters. The lowest BCUT2D eigenvalue weighted by Gasteiger charge is -2.19. The van der Waals surface area contributed by atoms with Crippen molar-refractivity contribution in [3.05, 3.63) is 47.3 Å². The molecular weight excluding hydrogens is 248 g/mol. The molecule has 1 aromatic carbocycles. The molecule has 2 aromatic rings. The molecule has 4 nitrogen and oxygen atoms in total. The molecule has 0 saturated heterocycles. The van der Waals surface area contributed by atoms with E-state index in [0.717, 1.165) is 17.1 Å². The van der Waals surface area contributed by atoms with Gasteiger partial charge in [-0.05, 0) is 37.1 Å². The average molecular weight is 266 g/mol. The van der Waals surface area contributed by atoms with Crippen LogP contribution in [0.15, 0.2) is 30.3 Å². The summed E-state index contributed by atoms with van der Waals surface area (Å²) in [5.74, 6) is 1.01. The number of nitrogens with zero attached hydrogens (tertiary/aromatic N) is 4. The zero-order valence-electron chi connectivity index (χ0n) is 12.3. The fraction of sp³-hybridized carbons (Fsp3) is 0.312. The molecule has 20 heavy (non-hydrogen) atoms. The molecule has 1 heterocycles. The van der Waals surface area contributed by atoms with Crippen molar-refractivity contribution in [3.63, 3.8) is 0 Å². The lowest BCUT2D eigenvalue weighted by Crippen LogP contribution is -2.15. The van der Waals surface area contributed by atoms with E-state index in [1.807, 2.05) is 43.1 Å². The van der Waals surface area contributed by atoms with Gasteiger partial charge in [0.05, 0.1) is 11.6 Å². The van der Waals surface area contributed by atoms with Gasteiger partial charge in [0, 0.05) is 24.1 Å². The van der Waals surface area contributed by atoms with Gasteiger partial charge in [-0.15, -0.1) is 0 Å². The number of anilines is 2. The van der Waals surface area contributed by atoms with Gasteiger partial charge in [0.15, 0.2) is 0 Å². The number of nitriles is 1. The molecule has 0 spiro atoms. The van der Waals surface area contributed by atoms with Gasteiger partial charge in [-0.25, -0.2) is 9.97 Å². The first-order valence-corrected chi connectivity index (χ1v) is 6.60. The van der Waals surface area contributed by atoms with Crippen molar-refractivity contribution >= 4 is 11.6 Å². The number of hydrogen-bond acceptors (Lipinski definition) is 4. The van der Waals surface area contributed by atoms with Crippen LogP contribution in [0.5, 0.6) is 0 Å². The molecule has 0 unspecified atom stereocenters. The van der Waals surface area contributed by atoms with Crippen LogP contribution < -0.4 is 4.90 Å². The van der Waals surface area contributed by atoms with Gasteiger partial charge < -0.3 is 4.90 Å². The van der Waals surface area contributed by atoms with Crippen molar-refractivity contribution in [1.29, 1.82) is 5.26 Å². The van der Waals surface area contributed by atoms with Crippen LogP contribution in [0.25, 0.3) is 0 Å². The Bertz CT molecular complexity index is 656. The minimum atomic E-state index is 0.356. The Morgan fingerprint density at radius 2 is 1.95 bits per heavy atom. The van der Waals surface area contributed by atoms with Gasteiger partial charge in [0.1, 0.15) is 0 Å². The van der Waals surface area contributed by atoms with Crippen LogP contribution in [-0.4, -0.2) is 17.0 Å². The first kappa shape index (κ1) is 14.0. The molecule has 0 saturated carbocycles. The van der Waals surface area contributed by atoms with E-state index in [9.17, 15) is 0 Å². The predicted molar refractivity (Wildman–Crippen MR) is 80.1 cm³/mol. The van der Waals surface area contributed by atoms with Crippen LogP contribution in [-0.2, 0) is 0 Å². The minimum Gasteiger partial charge on any atom is -0.314 e. The Labute approximate surface area is 119 Å². The normalized spacial score (nSPS) is 10.4. The van der Waals surface area contributed by atoms with Gasteiger partial charge >= 0.3 is 0 Å². The summed E-state index contributed by atoms with van der Waals surface area (Å²) in [6, 6.07) is 11.6. The maximum Gasteiger partial charge on any atom is 0.230 e. The number of hydrogen-bond donors (Lipinski definition) is 0. The highest BCUT2D eigenvalue weighted by Crippen LogP contribution is 2.23. The third-order valence-corrected chi connectivity index (χ3v) is 3.12. The molecule has 0 fully saturated rings. The molecule has 1 aromatic heterocycles. The summed E-state index contributed by atoms with van der Waals surface area (Å²) in [5, 5.41) is 8.98. The molecule has 0 amide bonds. The van der Waals surface area contributed by atoms with E-state index in [0.29, 0.717) is 17.4 Å². The molecule has 0 aliphatic carbocycles. The second-order valence-corrected chi connectivity index (χ2v) is 5.11. The lowest BCUT2D eigenvalue weighted by molar-refractivity contribution is 0.804. The minimum absolute atomic E-state index is 0.356. The molecule has 4 heteroatoms. The van der Waals surface area contributed by atoms with Crippen molar-refractivity contribution < 1.29 is 0 Å². The van der Waals surface area contributed by atoms with Gasteiger partial charge in [0.25, 0.3) is 0 Å². The molecule has 102 valence electrons. The maximum absolute atomic E-state index is 8.98. The number of benzene rings is 1. The van der Waals surface area contributed by atoms with Crippen molar-refractivity contribution in [2.45, 2.75) is 26.7 Å². The van der Waals surface area contributed by atoms with Crippen molar-refractivity contribution in [3.8, 4) is 6.07 Å². The summed E-state index contributed by atoms with van der Waals surface area (Å²) in [5.41, 5.74) is 3.51. The van der Waals surface area contributed by atoms with Crippen LogP contribution in [0.3, 0.4) is 0 Å². The largest absolute Gasteiger partial charge is 0.314 e. The van der Waals surface area contributed by atoms with Crippen LogP contribution in [0.1, 0.15) is 36.7 Å². The maximum atomic E-state index is 8.98. The summed E-state index contributed by atoms with van der Waals surface area (Å²) >= 11 is 0. The Hall–Kier alpha value is -2.41. The number of aromatic nitrogens is 2. The van der Waals surface area contributed by atoms with Crippen LogP contribution >= 0.6 is 0 Å². The number of rotatable bonds is 3. The molecule has 0 aliphatic rings. The fourth-order valence-corrected chi connectivity index (χ4v) is 1.92. The van der Waals surface area contributed by atoms with E-state index in [-0.39, 0.29) is 0 Å². The quantitative estimate of drug-likeness (QED) is 0.852. The summed E-state index contributed by atoms with van der Waals surface area (Å²) in [4.78, 5) is 11.0. The van der Waals surface area contributed by atoms with Crippen molar-refractivity contribution in [2.24, 2.45) is 0 Å². The van der Waals surface area contributed by atoms with E-state index in [4.69, 9.17) is 5.26 Å². The van der Waals surface area contributed by atoms with Crippen LogP contribution in [0.2, 0.25) is 0 Å². The van der Waals surface area contributed by atoms with Gasteiger partial charge in [-0.1, -0.05) is 19.9 Å². The first-order valence-electron chi connectivity index (χ1n) is 6.60. The Morgan fingerprint density at radius 3 is 2.60 bits per heavy atom. The predicted octanol–water partition coefficient (Wildman–Crippen LogP) is 3.55. The van der Waals surface area contributed by atoms with Gasteiger partial charge in [-0.2, -0.15) is 5.26 Å². The smallest absolute Gasteiger partial charge is 0.230 e. The molecule has 0 bridgehead atoms. The number of aryl methyl sites for hydroxylation is 1. The van der Waals surface area contributed by atoms with E-state index in [1.165, 1.54) is 0 Å². The summed E-state index contributed by atoms with van der Waals surface area (Å²) in [6.07, 6.45) is 0. The standard InChI is InChI=1S/C16H18N4/c1-11(2)15-8-12(3)18-16(19-15)20(4)14-7-5-6-13(9-14)10-17/h5-9,11H,1-4H3. The Morgan fingerprint density at radius 1 is 1.20 bits per heavy atom. The SMILES string of the molecule is Cc1cc(C(C)C)nc(N(C)c2cccc(C#N)c2)n1. The third-order valence-electron chi connectivity index (χ3n) is 3.12. The molecule has 2 rings (SSSR count). The van der Waals surface area contributed by atoms with Crippen molar-refractivity contribution in [1.82, 2.24) is 9.97 Å².